The van der Waals surface area contributed by atoms with Crippen molar-refractivity contribution in [3.63, 3.8) is 0 Å². The molecule has 0 heterocycles. The van der Waals surface area contributed by atoms with Crippen LogP contribution in [0, 0.1) is 11.3 Å². The summed E-state index contributed by atoms with van der Waals surface area (Å²) in [5, 5.41) is 10.9. The molecular formula is C12H18N2O5. The molecule has 0 spiro atoms. The fraction of sp³-hybridized carbons (Fsp3) is 0.667. The van der Waals surface area contributed by atoms with Gasteiger partial charge in [0.1, 0.15) is 0 Å². The summed E-state index contributed by atoms with van der Waals surface area (Å²) in [6.45, 7) is 4.41. The molecule has 0 saturated carbocycles. The number of carbonyl (C=O) groups excluding carboxylic acids is 3. The average molecular weight is 270 g/mol. The highest BCUT2D eigenvalue weighted by Crippen LogP contribution is 2.18. The van der Waals surface area contributed by atoms with Crippen molar-refractivity contribution < 1.29 is 23.9 Å². The molecule has 7 heteroatoms. The van der Waals surface area contributed by atoms with Gasteiger partial charge >= 0.3 is 11.9 Å². The molecule has 0 aliphatic heterocycles. The molecule has 0 saturated heterocycles. The maximum atomic E-state index is 12.0. The van der Waals surface area contributed by atoms with Gasteiger partial charge in [-0.2, -0.15) is 5.26 Å². The van der Waals surface area contributed by atoms with E-state index in [2.05, 4.69) is 5.32 Å². The first-order chi connectivity index (χ1) is 8.94. The number of ether oxygens (including phenoxy) is 2. The van der Waals surface area contributed by atoms with E-state index in [0.717, 1.165) is 0 Å². The summed E-state index contributed by atoms with van der Waals surface area (Å²) >= 11 is 0. The second kappa shape index (κ2) is 8.08. The van der Waals surface area contributed by atoms with Crippen LogP contribution < -0.4 is 5.32 Å². The summed E-state index contributed by atoms with van der Waals surface area (Å²) in [6, 6.07) is 1.82. The minimum atomic E-state index is -1.95. The predicted octanol–water partition coefficient (Wildman–Crippen LogP) is 0.291. The van der Waals surface area contributed by atoms with Crippen LogP contribution in [0.5, 0.6) is 0 Å². The molecule has 0 fully saturated rings. The smallest absolute Gasteiger partial charge is 0.343 e. The van der Waals surface area contributed by atoms with E-state index in [1.165, 1.54) is 6.92 Å². The van der Waals surface area contributed by atoms with Crippen molar-refractivity contribution in [1.29, 1.82) is 5.26 Å². The van der Waals surface area contributed by atoms with Crippen molar-refractivity contribution >= 4 is 17.8 Å². The average Bonchev–Trinajstić information content (AvgIpc) is 2.34. The third-order valence-corrected chi connectivity index (χ3v) is 2.25. The number of nitrogens with one attached hydrogen (secondary N) is 1. The van der Waals surface area contributed by atoms with E-state index >= 15 is 0 Å². The van der Waals surface area contributed by atoms with Crippen LogP contribution in [0.3, 0.4) is 0 Å². The fourth-order valence-electron chi connectivity index (χ4n) is 1.50. The second-order valence-electron chi connectivity index (χ2n) is 3.69. The predicted molar refractivity (Wildman–Crippen MR) is 64.7 cm³/mol. The zero-order valence-electron chi connectivity index (χ0n) is 11.3. The highest BCUT2D eigenvalue weighted by atomic mass is 16.6. The molecule has 1 N–H and O–H groups in total. The molecule has 0 unspecified atom stereocenters. The van der Waals surface area contributed by atoms with E-state index in [0.29, 0.717) is 0 Å². The Hall–Kier alpha value is -2.10. The molecule has 0 aromatic rings. The molecule has 0 radical (unpaired) electrons. The molecule has 0 aromatic carbocycles. The van der Waals surface area contributed by atoms with Crippen molar-refractivity contribution in [2.45, 2.75) is 39.2 Å². The minimum absolute atomic E-state index is 0.0477. The van der Waals surface area contributed by atoms with Crippen molar-refractivity contribution in [2.24, 2.45) is 0 Å². The van der Waals surface area contributed by atoms with E-state index in [1.54, 1.807) is 13.8 Å². The normalized spacial score (nSPS) is 10.2. The number of hydrogen-bond donors (Lipinski definition) is 1. The van der Waals surface area contributed by atoms with Crippen molar-refractivity contribution in [3.05, 3.63) is 0 Å². The lowest BCUT2D eigenvalue weighted by molar-refractivity contribution is -0.168. The summed E-state index contributed by atoms with van der Waals surface area (Å²) in [4.78, 5) is 35.2. The topological polar surface area (TPSA) is 105 Å². The van der Waals surface area contributed by atoms with E-state index in [9.17, 15) is 14.4 Å². The Morgan fingerprint density at radius 1 is 1.16 bits per heavy atom. The van der Waals surface area contributed by atoms with Crippen LogP contribution in [-0.2, 0) is 23.9 Å². The van der Waals surface area contributed by atoms with Gasteiger partial charge < -0.3 is 14.8 Å². The monoisotopic (exact) mass is 270 g/mol. The zero-order valence-corrected chi connectivity index (χ0v) is 11.3. The van der Waals surface area contributed by atoms with Crippen LogP contribution in [0.2, 0.25) is 0 Å². The molecule has 0 atom stereocenters. The summed E-state index contributed by atoms with van der Waals surface area (Å²) in [7, 11) is 0. The van der Waals surface area contributed by atoms with E-state index < -0.39 is 23.4 Å². The molecular weight excluding hydrogens is 252 g/mol. The lowest BCUT2D eigenvalue weighted by Crippen LogP contribution is -2.61. The maximum absolute atomic E-state index is 12.0. The van der Waals surface area contributed by atoms with Gasteiger partial charge in [0, 0.05) is 19.8 Å². The maximum Gasteiger partial charge on any atom is 0.343 e. The van der Waals surface area contributed by atoms with Crippen LogP contribution in [0.1, 0.15) is 33.6 Å². The molecule has 7 nitrogen and oxygen atoms in total. The van der Waals surface area contributed by atoms with E-state index in [-0.39, 0.29) is 26.1 Å². The van der Waals surface area contributed by atoms with Gasteiger partial charge in [-0.05, 0) is 13.8 Å². The Kier molecular flexibility index (Phi) is 7.19. The summed E-state index contributed by atoms with van der Waals surface area (Å²) in [5.41, 5.74) is -1.95. The first-order valence-corrected chi connectivity index (χ1v) is 5.94. The zero-order chi connectivity index (χ0) is 14.9. The molecule has 0 aliphatic carbocycles. The Bertz CT molecular complexity index is 368. The van der Waals surface area contributed by atoms with E-state index in [4.69, 9.17) is 14.7 Å². The Morgan fingerprint density at radius 3 is 1.95 bits per heavy atom. The number of nitrogens with zero attached hydrogens (tertiary/aromatic N) is 1. The van der Waals surface area contributed by atoms with Gasteiger partial charge in [0.2, 0.25) is 11.4 Å². The molecule has 0 rings (SSSR count). The number of amides is 1. The summed E-state index contributed by atoms with van der Waals surface area (Å²) in [6.07, 6.45) is -0.293. The fourth-order valence-corrected chi connectivity index (χ4v) is 1.50. The van der Waals surface area contributed by atoms with Gasteiger partial charge in [-0.1, -0.05) is 0 Å². The molecule has 1 amide bonds. The molecule has 0 aliphatic rings. The number of carbonyl (C=O) groups is 3. The molecule has 19 heavy (non-hydrogen) atoms. The van der Waals surface area contributed by atoms with Crippen LogP contribution in [0.4, 0.5) is 0 Å². The van der Waals surface area contributed by atoms with E-state index in [1.807, 2.05) is 6.07 Å². The third-order valence-electron chi connectivity index (χ3n) is 2.25. The number of esters is 2. The van der Waals surface area contributed by atoms with Gasteiger partial charge in [-0.15, -0.1) is 0 Å². The van der Waals surface area contributed by atoms with Gasteiger partial charge in [0.05, 0.1) is 19.3 Å². The minimum Gasteiger partial charge on any atom is -0.464 e. The molecule has 0 aromatic heterocycles. The Labute approximate surface area is 111 Å². The summed E-state index contributed by atoms with van der Waals surface area (Å²) < 4.78 is 9.62. The lowest BCUT2D eigenvalue weighted by Gasteiger charge is -2.28. The van der Waals surface area contributed by atoms with Crippen molar-refractivity contribution in [1.82, 2.24) is 5.32 Å². The second-order valence-corrected chi connectivity index (χ2v) is 3.69. The number of rotatable bonds is 7. The number of nitriles is 1. The van der Waals surface area contributed by atoms with Gasteiger partial charge in [0.25, 0.3) is 0 Å². The first-order valence-electron chi connectivity index (χ1n) is 5.94. The molecule has 106 valence electrons. The first kappa shape index (κ1) is 16.9. The van der Waals surface area contributed by atoms with Crippen molar-refractivity contribution in [2.75, 3.05) is 13.2 Å². The van der Waals surface area contributed by atoms with Crippen molar-refractivity contribution in [3.8, 4) is 6.07 Å². The van der Waals surface area contributed by atoms with Gasteiger partial charge in [-0.3, -0.25) is 4.79 Å². The lowest BCUT2D eigenvalue weighted by atomic mass is 9.93. The van der Waals surface area contributed by atoms with Gasteiger partial charge in [0.15, 0.2) is 0 Å². The third kappa shape index (κ3) is 4.58. The number of hydrogen-bond acceptors (Lipinski definition) is 6. The van der Waals surface area contributed by atoms with Crippen LogP contribution in [0.15, 0.2) is 0 Å². The highest BCUT2D eigenvalue weighted by molar-refractivity contribution is 6.07. The standard InChI is InChI=1S/C12H18N2O5/c1-4-18-10(16)12(7-6-8-13,14-9(3)15)11(17)19-5-2/h4-7H2,1-3H3,(H,14,15). The van der Waals surface area contributed by atoms with Gasteiger partial charge in [-0.25, -0.2) is 9.59 Å². The van der Waals surface area contributed by atoms with Crippen LogP contribution in [-0.4, -0.2) is 36.6 Å². The summed E-state index contributed by atoms with van der Waals surface area (Å²) in [5.74, 6) is -2.42. The Balaban J connectivity index is 5.42. The largest absolute Gasteiger partial charge is 0.464 e. The quantitative estimate of drug-likeness (QED) is 0.526. The molecule has 0 bridgehead atoms. The highest BCUT2D eigenvalue weighted by Gasteiger charge is 2.49. The Morgan fingerprint density at radius 2 is 1.63 bits per heavy atom. The van der Waals surface area contributed by atoms with Crippen LogP contribution in [0.25, 0.3) is 0 Å². The van der Waals surface area contributed by atoms with Crippen LogP contribution >= 0.6 is 0 Å². The SMILES string of the molecule is CCOC(=O)C(CCC#N)(NC(C)=O)C(=O)OCC.